The van der Waals surface area contributed by atoms with Crippen LogP contribution in [0.5, 0.6) is 11.5 Å². The largest absolute Gasteiger partial charge is 0.497 e. The number of nitrogens with zero attached hydrogens (tertiary/aromatic N) is 2. The van der Waals surface area contributed by atoms with Gasteiger partial charge in [0.15, 0.2) is 17.7 Å². The van der Waals surface area contributed by atoms with Gasteiger partial charge < -0.3 is 19.2 Å². The second kappa shape index (κ2) is 9.23. The van der Waals surface area contributed by atoms with Crippen LogP contribution >= 0.6 is 11.8 Å². The Labute approximate surface area is 165 Å². The topological polar surface area (TPSA) is 86.5 Å². The Bertz CT molecular complexity index is 933. The molecule has 28 heavy (non-hydrogen) atoms. The van der Waals surface area contributed by atoms with Crippen LogP contribution < -0.4 is 14.8 Å². The number of benzene rings is 2. The zero-order valence-electron chi connectivity index (χ0n) is 15.2. The summed E-state index contributed by atoms with van der Waals surface area (Å²) < 4.78 is 29.7. The summed E-state index contributed by atoms with van der Waals surface area (Å²) in [5.41, 5.74) is 0.657. The number of halogens is 1. The molecule has 0 saturated heterocycles. The van der Waals surface area contributed by atoms with Gasteiger partial charge in [-0.15, -0.1) is 10.2 Å². The average Bonchev–Trinajstić information content (AvgIpc) is 3.18. The second-order valence-corrected chi connectivity index (χ2v) is 6.59. The van der Waals surface area contributed by atoms with E-state index in [2.05, 4.69) is 15.5 Å². The van der Waals surface area contributed by atoms with Crippen molar-refractivity contribution < 1.29 is 23.1 Å². The molecule has 0 aliphatic carbocycles. The zero-order chi connectivity index (χ0) is 19.9. The molecule has 2 aromatic carbocycles. The van der Waals surface area contributed by atoms with Crippen molar-refractivity contribution in [1.82, 2.24) is 10.2 Å². The van der Waals surface area contributed by atoms with Crippen LogP contribution in [0.25, 0.3) is 0 Å². The fraction of sp³-hybridized carbons (Fsp3) is 0.211. The fourth-order valence-electron chi connectivity index (χ4n) is 2.22. The fourth-order valence-corrected chi connectivity index (χ4v) is 2.79. The summed E-state index contributed by atoms with van der Waals surface area (Å²) in [5.74, 6) is 0.403. The number of para-hydroxylation sites is 1. The molecule has 146 valence electrons. The predicted octanol–water partition coefficient (Wildman–Crippen LogP) is 4.09. The van der Waals surface area contributed by atoms with Gasteiger partial charge in [-0.25, -0.2) is 4.39 Å². The van der Waals surface area contributed by atoms with Gasteiger partial charge in [0.25, 0.3) is 11.1 Å². The molecular formula is C19H18FN3O4S. The number of methoxy groups -OCH3 is 1. The van der Waals surface area contributed by atoms with Crippen LogP contribution in [-0.2, 0) is 4.79 Å². The van der Waals surface area contributed by atoms with Gasteiger partial charge in [0.1, 0.15) is 5.75 Å². The molecule has 1 atom stereocenters. The molecule has 1 heterocycles. The highest BCUT2D eigenvalue weighted by Gasteiger charge is 2.18. The number of nitrogens with one attached hydrogen (secondary N) is 1. The Morgan fingerprint density at radius 2 is 1.96 bits per heavy atom. The van der Waals surface area contributed by atoms with E-state index in [1.165, 1.54) is 12.1 Å². The van der Waals surface area contributed by atoms with E-state index < -0.39 is 11.9 Å². The molecule has 0 aliphatic rings. The molecule has 7 nitrogen and oxygen atoms in total. The van der Waals surface area contributed by atoms with E-state index in [0.717, 1.165) is 11.8 Å². The third-order valence-corrected chi connectivity index (χ3v) is 4.43. The number of ether oxygens (including phenoxy) is 2. The Kier molecular flexibility index (Phi) is 6.49. The first-order chi connectivity index (χ1) is 13.5. The van der Waals surface area contributed by atoms with Crippen molar-refractivity contribution in [2.75, 3.05) is 18.2 Å². The van der Waals surface area contributed by atoms with E-state index in [0.29, 0.717) is 11.4 Å². The molecule has 1 amide bonds. The summed E-state index contributed by atoms with van der Waals surface area (Å²) in [6, 6.07) is 13.1. The van der Waals surface area contributed by atoms with Crippen LogP contribution in [0.4, 0.5) is 10.1 Å². The lowest BCUT2D eigenvalue weighted by molar-refractivity contribution is -0.113. The third-order valence-electron chi connectivity index (χ3n) is 3.61. The lowest BCUT2D eigenvalue weighted by Gasteiger charge is -2.11. The lowest BCUT2D eigenvalue weighted by atomic mass is 10.3. The van der Waals surface area contributed by atoms with Crippen LogP contribution in [0.2, 0.25) is 0 Å². The zero-order valence-corrected chi connectivity index (χ0v) is 16.0. The SMILES string of the molecule is COc1ccc(NC(=O)CSc2nnc([C@H](C)Oc3ccccc3F)o2)cc1. The minimum Gasteiger partial charge on any atom is -0.497 e. The molecule has 3 aromatic rings. The third kappa shape index (κ3) is 5.23. The highest BCUT2D eigenvalue weighted by atomic mass is 32.2. The van der Waals surface area contributed by atoms with Crippen molar-refractivity contribution in [3.05, 3.63) is 60.2 Å². The molecule has 1 aromatic heterocycles. The van der Waals surface area contributed by atoms with Crippen LogP contribution in [0, 0.1) is 5.82 Å². The van der Waals surface area contributed by atoms with E-state index >= 15 is 0 Å². The minimum absolute atomic E-state index is 0.0935. The van der Waals surface area contributed by atoms with Crippen molar-refractivity contribution in [3.8, 4) is 11.5 Å². The Hall–Kier alpha value is -3.07. The van der Waals surface area contributed by atoms with Gasteiger partial charge in [-0.3, -0.25) is 4.79 Å². The average molecular weight is 403 g/mol. The normalized spacial score (nSPS) is 11.7. The van der Waals surface area contributed by atoms with Gasteiger partial charge in [0.05, 0.1) is 12.9 Å². The first-order valence-electron chi connectivity index (χ1n) is 8.36. The molecule has 0 radical (unpaired) electrons. The van der Waals surface area contributed by atoms with Gasteiger partial charge in [0, 0.05) is 5.69 Å². The quantitative estimate of drug-likeness (QED) is 0.567. The van der Waals surface area contributed by atoms with E-state index in [4.69, 9.17) is 13.9 Å². The maximum Gasteiger partial charge on any atom is 0.277 e. The highest BCUT2D eigenvalue weighted by molar-refractivity contribution is 7.99. The Morgan fingerprint density at radius 1 is 1.21 bits per heavy atom. The van der Waals surface area contributed by atoms with Crippen molar-refractivity contribution in [2.24, 2.45) is 0 Å². The number of carbonyl (C=O) groups is 1. The van der Waals surface area contributed by atoms with E-state index in [-0.39, 0.29) is 28.5 Å². The van der Waals surface area contributed by atoms with Crippen molar-refractivity contribution in [3.63, 3.8) is 0 Å². The summed E-state index contributed by atoms with van der Waals surface area (Å²) in [5, 5.41) is 10.8. The van der Waals surface area contributed by atoms with Gasteiger partial charge in [-0.05, 0) is 43.3 Å². The maximum atomic E-state index is 13.7. The molecule has 0 spiro atoms. The number of amides is 1. The Morgan fingerprint density at radius 3 is 2.68 bits per heavy atom. The molecule has 3 rings (SSSR count). The van der Waals surface area contributed by atoms with Gasteiger partial charge in [0.2, 0.25) is 5.91 Å². The first kappa shape index (κ1) is 19.7. The second-order valence-electron chi connectivity index (χ2n) is 5.66. The molecule has 0 fully saturated rings. The van der Waals surface area contributed by atoms with Crippen LogP contribution in [0.1, 0.15) is 18.9 Å². The number of thioether (sulfide) groups is 1. The summed E-state index contributed by atoms with van der Waals surface area (Å²) >= 11 is 1.10. The summed E-state index contributed by atoms with van der Waals surface area (Å²) in [7, 11) is 1.57. The number of hydrogen-bond acceptors (Lipinski definition) is 7. The van der Waals surface area contributed by atoms with Crippen molar-refractivity contribution in [1.29, 1.82) is 0 Å². The standard InChI is InChI=1S/C19H18FN3O4S/c1-12(26-16-6-4-3-5-15(16)20)18-22-23-19(27-18)28-11-17(24)21-13-7-9-14(25-2)10-8-13/h3-10,12H,11H2,1-2H3,(H,21,24)/t12-/m0/s1. The Balaban J connectivity index is 1.51. The summed E-state index contributed by atoms with van der Waals surface area (Å²) in [6.45, 7) is 1.67. The van der Waals surface area contributed by atoms with Crippen molar-refractivity contribution >= 4 is 23.4 Å². The predicted molar refractivity (Wildman–Crippen MR) is 102 cm³/mol. The molecule has 0 aliphatic heterocycles. The maximum absolute atomic E-state index is 13.7. The molecular weight excluding hydrogens is 385 g/mol. The highest BCUT2D eigenvalue weighted by Crippen LogP contribution is 2.25. The van der Waals surface area contributed by atoms with Gasteiger partial charge in [-0.2, -0.15) is 0 Å². The smallest absolute Gasteiger partial charge is 0.277 e. The van der Waals surface area contributed by atoms with Crippen LogP contribution in [0.15, 0.2) is 58.2 Å². The lowest BCUT2D eigenvalue weighted by Crippen LogP contribution is -2.13. The first-order valence-corrected chi connectivity index (χ1v) is 9.35. The van der Waals surface area contributed by atoms with E-state index in [9.17, 15) is 9.18 Å². The molecule has 9 heteroatoms. The number of aromatic nitrogens is 2. The molecule has 0 unspecified atom stereocenters. The molecule has 1 N–H and O–H groups in total. The van der Waals surface area contributed by atoms with Crippen molar-refractivity contribution in [2.45, 2.75) is 18.3 Å². The summed E-state index contributed by atoms with van der Waals surface area (Å²) in [6.07, 6.45) is -0.633. The number of anilines is 1. The van der Waals surface area contributed by atoms with Crippen LogP contribution in [0.3, 0.4) is 0 Å². The monoisotopic (exact) mass is 403 g/mol. The minimum atomic E-state index is -0.633. The number of carbonyl (C=O) groups excluding carboxylic acids is 1. The summed E-state index contributed by atoms with van der Waals surface area (Å²) in [4.78, 5) is 12.0. The van der Waals surface area contributed by atoms with Gasteiger partial charge >= 0.3 is 0 Å². The number of hydrogen-bond donors (Lipinski definition) is 1. The van der Waals surface area contributed by atoms with E-state index in [1.54, 1.807) is 50.4 Å². The van der Waals surface area contributed by atoms with E-state index in [1.807, 2.05) is 0 Å². The molecule has 0 bridgehead atoms. The van der Waals surface area contributed by atoms with Gasteiger partial charge in [-0.1, -0.05) is 23.9 Å². The van der Waals surface area contributed by atoms with Crippen LogP contribution in [-0.4, -0.2) is 29.0 Å². The molecule has 0 saturated carbocycles. The number of rotatable bonds is 8.